The summed E-state index contributed by atoms with van der Waals surface area (Å²) in [6.07, 6.45) is 18.3. The summed E-state index contributed by atoms with van der Waals surface area (Å²) in [6.45, 7) is 4.66. The van der Waals surface area contributed by atoms with Crippen molar-refractivity contribution in [2.45, 2.75) is 93.2 Å². The van der Waals surface area contributed by atoms with Crippen molar-refractivity contribution in [1.82, 2.24) is 14.7 Å². The first-order chi connectivity index (χ1) is 18.0. The van der Waals surface area contributed by atoms with Gasteiger partial charge in [-0.15, -0.1) is 11.8 Å². The molecule has 7 nitrogen and oxygen atoms in total. The highest BCUT2D eigenvalue weighted by molar-refractivity contribution is 8.02. The molecular formula is C29H43N3O4S. The summed E-state index contributed by atoms with van der Waals surface area (Å²) in [5, 5.41) is 9.06. The van der Waals surface area contributed by atoms with Gasteiger partial charge in [0.2, 0.25) is 17.7 Å². The number of thioether (sulfide) groups is 1. The van der Waals surface area contributed by atoms with Crippen LogP contribution in [0.25, 0.3) is 0 Å². The van der Waals surface area contributed by atoms with Crippen LogP contribution in [0.2, 0.25) is 0 Å². The van der Waals surface area contributed by atoms with Gasteiger partial charge in [0.05, 0.1) is 16.6 Å². The molecule has 204 valence electrons. The minimum absolute atomic E-state index is 0.0178. The van der Waals surface area contributed by atoms with Crippen molar-refractivity contribution in [1.29, 1.82) is 0 Å². The van der Waals surface area contributed by atoms with Gasteiger partial charge in [-0.05, 0) is 32.1 Å². The minimum Gasteiger partial charge on any atom is -0.396 e. The van der Waals surface area contributed by atoms with Crippen LogP contribution in [0.1, 0.15) is 71.1 Å². The fourth-order valence-corrected chi connectivity index (χ4v) is 9.39. The Morgan fingerprint density at radius 3 is 2.49 bits per heavy atom. The lowest BCUT2D eigenvalue weighted by Crippen LogP contribution is -2.55. The second-order valence-corrected chi connectivity index (χ2v) is 12.9. The summed E-state index contributed by atoms with van der Waals surface area (Å²) in [7, 11) is 0. The highest BCUT2D eigenvalue weighted by atomic mass is 32.2. The predicted octanol–water partition coefficient (Wildman–Crippen LogP) is 3.38. The SMILES string of the molecule is CCCN1CC=C[C@@H]2S[C@]34C=CCN(C5CCCCC5)C(=O)C3N(CCCCCCO)C(=O)[C@@H]4[C@@H]2C1=O. The number of aliphatic hydroxyl groups is 1. The van der Waals surface area contributed by atoms with Crippen molar-refractivity contribution in [2.75, 3.05) is 32.8 Å². The Balaban J connectivity index is 1.49. The Labute approximate surface area is 225 Å². The Kier molecular flexibility index (Phi) is 8.34. The molecular weight excluding hydrogens is 486 g/mol. The van der Waals surface area contributed by atoms with Gasteiger partial charge in [-0.2, -0.15) is 0 Å². The summed E-state index contributed by atoms with van der Waals surface area (Å²) >= 11 is 1.69. The molecule has 8 heteroatoms. The van der Waals surface area contributed by atoms with E-state index in [2.05, 4.69) is 36.1 Å². The third kappa shape index (κ3) is 4.77. The molecule has 1 spiro atoms. The average Bonchev–Trinajstić information content (AvgIpc) is 3.21. The highest BCUT2D eigenvalue weighted by Gasteiger charge is 2.71. The van der Waals surface area contributed by atoms with E-state index in [4.69, 9.17) is 5.11 Å². The molecule has 0 bridgehead atoms. The molecule has 1 aliphatic carbocycles. The summed E-state index contributed by atoms with van der Waals surface area (Å²) in [5.74, 6) is -0.809. The van der Waals surface area contributed by atoms with Crippen molar-refractivity contribution in [3.8, 4) is 0 Å². The highest BCUT2D eigenvalue weighted by Crippen LogP contribution is 2.61. The van der Waals surface area contributed by atoms with E-state index in [9.17, 15) is 14.4 Å². The maximum absolute atomic E-state index is 14.4. The molecule has 4 aliphatic heterocycles. The molecule has 1 saturated carbocycles. The number of carbonyl (C=O) groups is 3. The number of nitrogens with zero attached hydrogens (tertiary/aromatic N) is 3. The molecule has 0 aromatic heterocycles. The van der Waals surface area contributed by atoms with Crippen molar-refractivity contribution < 1.29 is 19.5 Å². The molecule has 5 rings (SSSR count). The van der Waals surface area contributed by atoms with Crippen LogP contribution in [0.15, 0.2) is 24.3 Å². The number of rotatable bonds is 9. The van der Waals surface area contributed by atoms with E-state index >= 15 is 0 Å². The van der Waals surface area contributed by atoms with Crippen molar-refractivity contribution in [3.05, 3.63) is 24.3 Å². The van der Waals surface area contributed by atoms with Crippen molar-refractivity contribution in [2.24, 2.45) is 11.8 Å². The van der Waals surface area contributed by atoms with Crippen LogP contribution in [0.5, 0.6) is 0 Å². The van der Waals surface area contributed by atoms with Crippen LogP contribution in [0.3, 0.4) is 0 Å². The van der Waals surface area contributed by atoms with Gasteiger partial charge in [0, 0.05) is 44.1 Å². The molecule has 0 aromatic carbocycles. The standard InChI is InChI=1S/C29H43N3O4S/c1-2-16-30-17-10-14-22-23(26(30)34)24-27(35)32(18-8-3-4-9-20-33)25-28(36)31(21-12-6-5-7-13-21)19-11-15-29(24,25)37-22/h10-11,14-15,21-25,33H,2-9,12-13,16-20H2,1H3/t22-,23+,24-,25?,29-/m0/s1. The van der Waals surface area contributed by atoms with E-state index in [-0.39, 0.29) is 35.6 Å². The monoisotopic (exact) mass is 529 g/mol. The summed E-state index contributed by atoms with van der Waals surface area (Å²) in [5.41, 5.74) is 0. The molecule has 2 saturated heterocycles. The maximum atomic E-state index is 14.4. The van der Waals surface area contributed by atoms with E-state index in [1.54, 1.807) is 11.8 Å². The van der Waals surface area contributed by atoms with E-state index in [1.807, 2.05) is 9.80 Å². The second-order valence-electron chi connectivity index (χ2n) is 11.4. The molecule has 37 heavy (non-hydrogen) atoms. The summed E-state index contributed by atoms with van der Waals surface area (Å²) in [6, 6.07) is -0.318. The van der Waals surface area contributed by atoms with Gasteiger partial charge < -0.3 is 19.8 Å². The number of carbonyl (C=O) groups excluding carboxylic acids is 3. The topological polar surface area (TPSA) is 81.2 Å². The first-order valence-corrected chi connectivity index (χ1v) is 15.4. The van der Waals surface area contributed by atoms with Crippen molar-refractivity contribution >= 4 is 29.5 Å². The largest absolute Gasteiger partial charge is 0.396 e. The third-order valence-electron chi connectivity index (χ3n) is 9.09. The van der Waals surface area contributed by atoms with E-state index in [0.29, 0.717) is 26.2 Å². The van der Waals surface area contributed by atoms with Gasteiger partial charge in [0.25, 0.3) is 0 Å². The fraction of sp³-hybridized carbons (Fsp3) is 0.759. The minimum atomic E-state index is -0.701. The van der Waals surface area contributed by atoms with Crippen LogP contribution in [0, 0.1) is 11.8 Å². The number of hydrogen-bond donors (Lipinski definition) is 1. The molecule has 5 atom stereocenters. The lowest BCUT2D eigenvalue weighted by atomic mass is 9.78. The first-order valence-electron chi connectivity index (χ1n) is 14.6. The average molecular weight is 530 g/mol. The van der Waals surface area contributed by atoms with E-state index in [1.165, 1.54) is 6.42 Å². The summed E-state index contributed by atoms with van der Waals surface area (Å²) in [4.78, 5) is 48.3. The van der Waals surface area contributed by atoms with Gasteiger partial charge in [0.15, 0.2) is 0 Å². The van der Waals surface area contributed by atoms with Crippen molar-refractivity contribution in [3.63, 3.8) is 0 Å². The Hall–Kier alpha value is -1.80. The van der Waals surface area contributed by atoms with Crippen LogP contribution in [-0.2, 0) is 14.4 Å². The zero-order valence-electron chi connectivity index (χ0n) is 22.2. The predicted molar refractivity (Wildman–Crippen MR) is 146 cm³/mol. The summed E-state index contributed by atoms with van der Waals surface area (Å²) < 4.78 is -0.701. The fourth-order valence-electron chi connectivity index (χ4n) is 7.39. The van der Waals surface area contributed by atoms with Crippen LogP contribution in [-0.4, -0.2) is 92.4 Å². The Bertz CT molecular complexity index is 932. The van der Waals surface area contributed by atoms with Gasteiger partial charge in [-0.1, -0.05) is 63.3 Å². The lowest BCUT2D eigenvalue weighted by Gasteiger charge is -2.39. The quantitative estimate of drug-likeness (QED) is 0.366. The smallest absolute Gasteiger partial charge is 0.247 e. The number of amides is 3. The second kappa shape index (κ2) is 11.5. The first kappa shape index (κ1) is 26.8. The third-order valence-corrected chi connectivity index (χ3v) is 10.8. The lowest BCUT2D eigenvalue weighted by molar-refractivity contribution is -0.145. The number of likely N-dealkylation sites (tertiary alicyclic amines) is 1. The number of fused-ring (bicyclic) bond motifs is 2. The Morgan fingerprint density at radius 1 is 0.946 bits per heavy atom. The molecule has 3 amide bonds. The van der Waals surface area contributed by atoms with Gasteiger partial charge in [-0.3, -0.25) is 14.4 Å². The normalized spacial score (nSPS) is 34.0. The maximum Gasteiger partial charge on any atom is 0.247 e. The van der Waals surface area contributed by atoms with Crippen LogP contribution < -0.4 is 0 Å². The number of aliphatic hydroxyl groups excluding tert-OH is 1. The molecule has 3 fully saturated rings. The number of unbranched alkanes of at least 4 members (excludes halogenated alkanes) is 3. The van der Waals surface area contributed by atoms with Crippen LogP contribution in [0.4, 0.5) is 0 Å². The molecule has 0 radical (unpaired) electrons. The Morgan fingerprint density at radius 2 is 1.73 bits per heavy atom. The van der Waals surface area contributed by atoms with Gasteiger partial charge >= 0.3 is 0 Å². The number of hydrogen-bond acceptors (Lipinski definition) is 5. The molecule has 4 heterocycles. The molecule has 1 unspecified atom stereocenters. The molecule has 0 aromatic rings. The van der Waals surface area contributed by atoms with E-state index in [0.717, 1.165) is 57.8 Å². The zero-order chi connectivity index (χ0) is 26.0. The van der Waals surface area contributed by atoms with E-state index < -0.39 is 22.6 Å². The molecule has 5 aliphatic rings. The van der Waals surface area contributed by atoms with Gasteiger partial charge in [-0.25, -0.2) is 0 Å². The van der Waals surface area contributed by atoms with Gasteiger partial charge in [0.1, 0.15) is 6.04 Å². The van der Waals surface area contributed by atoms with Crippen LogP contribution >= 0.6 is 11.8 Å². The molecule has 1 N–H and O–H groups in total. The zero-order valence-corrected chi connectivity index (χ0v) is 23.0.